The highest BCUT2D eigenvalue weighted by Gasteiger charge is 2.41. The summed E-state index contributed by atoms with van der Waals surface area (Å²) >= 11 is 1.47. The van der Waals surface area contributed by atoms with Gasteiger partial charge in [-0.1, -0.05) is 61.0 Å². The molecule has 1 aromatic carbocycles. The first-order chi connectivity index (χ1) is 16.4. The Balaban J connectivity index is 1.53. The molecule has 34 heavy (non-hydrogen) atoms. The molecule has 0 radical (unpaired) electrons. The van der Waals surface area contributed by atoms with E-state index >= 15 is 0 Å². The molecule has 3 aliphatic rings. The second-order valence-electron chi connectivity index (χ2n) is 10.4. The van der Waals surface area contributed by atoms with Crippen molar-refractivity contribution in [2.45, 2.75) is 76.5 Å². The largest absolute Gasteiger partial charge is 0.371 e. The lowest BCUT2D eigenvalue weighted by Gasteiger charge is -2.43. The van der Waals surface area contributed by atoms with Crippen molar-refractivity contribution < 1.29 is 4.39 Å². The molecule has 0 saturated carbocycles. The van der Waals surface area contributed by atoms with E-state index in [1.807, 2.05) is 6.92 Å². The number of thioether (sulfide) groups is 1. The number of hydrogen-bond donors (Lipinski definition) is 2. The van der Waals surface area contributed by atoms with Gasteiger partial charge in [0.15, 0.2) is 0 Å². The van der Waals surface area contributed by atoms with Crippen LogP contribution in [-0.4, -0.2) is 34.4 Å². The minimum atomic E-state index is -0.459. The average molecular weight is 482 g/mol. The third-order valence-corrected chi connectivity index (χ3v) is 8.70. The van der Waals surface area contributed by atoms with Gasteiger partial charge in [0.1, 0.15) is 10.7 Å². The maximum Gasteiger partial charge on any atom is 0.133 e. The summed E-state index contributed by atoms with van der Waals surface area (Å²) in [5.74, 6) is 0.220. The molecule has 1 heterocycles. The topological polar surface area (TPSA) is 39.1 Å². The van der Waals surface area contributed by atoms with E-state index in [-0.39, 0.29) is 10.9 Å². The van der Waals surface area contributed by atoms with E-state index in [0.29, 0.717) is 11.5 Å². The second-order valence-corrected chi connectivity index (χ2v) is 11.7. The molecule has 1 saturated heterocycles. The number of nitrogens with zero attached hydrogens (tertiary/aromatic N) is 1. The molecule has 2 aliphatic carbocycles. The zero-order valence-electron chi connectivity index (χ0n) is 20.9. The van der Waals surface area contributed by atoms with Crippen molar-refractivity contribution in [3.63, 3.8) is 0 Å². The quantitative estimate of drug-likeness (QED) is 0.232. The van der Waals surface area contributed by atoms with Crippen molar-refractivity contribution in [3.8, 4) is 0 Å². The van der Waals surface area contributed by atoms with E-state index in [1.165, 1.54) is 61.3 Å². The van der Waals surface area contributed by atoms with E-state index in [0.717, 1.165) is 56.3 Å². The fraction of sp³-hybridized carbons (Fsp3) is 0.552. The van der Waals surface area contributed by atoms with Gasteiger partial charge in [0.25, 0.3) is 0 Å². The van der Waals surface area contributed by atoms with Crippen LogP contribution in [0.5, 0.6) is 0 Å². The SMILES string of the molecule is C=C(CCCN1CCCCC1)NC1(SC(=N)c2cc(C)ccc2F)CCCC2=C1C=CC(C)C2. The van der Waals surface area contributed by atoms with Crippen LogP contribution in [0, 0.1) is 24.1 Å². The molecule has 0 aromatic heterocycles. The molecule has 0 spiro atoms. The van der Waals surface area contributed by atoms with E-state index in [1.54, 1.807) is 12.1 Å². The number of aryl methyl sites for hydroxylation is 1. The van der Waals surface area contributed by atoms with Gasteiger partial charge >= 0.3 is 0 Å². The first-order valence-electron chi connectivity index (χ1n) is 13.0. The molecule has 2 unspecified atom stereocenters. The van der Waals surface area contributed by atoms with Gasteiger partial charge in [0, 0.05) is 11.3 Å². The molecule has 1 aromatic rings. The van der Waals surface area contributed by atoms with E-state index in [9.17, 15) is 4.39 Å². The zero-order chi connectivity index (χ0) is 24.1. The van der Waals surface area contributed by atoms with Crippen molar-refractivity contribution in [3.05, 3.63) is 70.7 Å². The molecule has 2 N–H and O–H groups in total. The lowest BCUT2D eigenvalue weighted by Crippen LogP contribution is -2.46. The van der Waals surface area contributed by atoms with Crippen molar-refractivity contribution in [1.29, 1.82) is 5.41 Å². The Labute approximate surface area is 209 Å². The van der Waals surface area contributed by atoms with Crippen molar-refractivity contribution in [1.82, 2.24) is 10.2 Å². The summed E-state index contributed by atoms with van der Waals surface area (Å²) in [6.07, 6.45) is 14.7. The van der Waals surface area contributed by atoms with Crippen LogP contribution >= 0.6 is 11.8 Å². The van der Waals surface area contributed by atoms with E-state index in [4.69, 9.17) is 5.41 Å². The maximum absolute atomic E-state index is 14.7. The molecule has 1 aliphatic heterocycles. The number of benzene rings is 1. The third kappa shape index (κ3) is 6.04. The Kier molecular flexibility index (Phi) is 8.36. The minimum Gasteiger partial charge on any atom is -0.371 e. The molecule has 0 amide bonds. The highest BCUT2D eigenvalue weighted by atomic mass is 32.2. The molecule has 2 atom stereocenters. The fourth-order valence-corrected chi connectivity index (χ4v) is 7.02. The predicted octanol–water partition coefficient (Wildman–Crippen LogP) is 7.33. The summed E-state index contributed by atoms with van der Waals surface area (Å²) in [6, 6.07) is 5.04. The Bertz CT molecular complexity index is 976. The van der Waals surface area contributed by atoms with Crippen LogP contribution in [-0.2, 0) is 0 Å². The lowest BCUT2D eigenvalue weighted by molar-refractivity contribution is 0.226. The average Bonchev–Trinajstić information content (AvgIpc) is 2.81. The summed E-state index contributed by atoms with van der Waals surface area (Å²) in [5, 5.41) is 13.0. The standard InChI is InChI=1S/C29H40FN3S/c1-21-11-13-26-24(19-21)10-7-15-29(26,34-28(31)25-20-22(2)12-14-27(25)30)32-23(3)9-8-18-33-16-5-4-6-17-33/h11-14,20-21,31-32H,3-10,15-19H2,1-2H3. The van der Waals surface area contributed by atoms with Crippen LogP contribution in [0.25, 0.3) is 0 Å². The summed E-state index contributed by atoms with van der Waals surface area (Å²) in [6.45, 7) is 12.2. The van der Waals surface area contributed by atoms with Gasteiger partial charge in [-0.25, -0.2) is 4.39 Å². The van der Waals surface area contributed by atoms with Gasteiger partial charge in [0.05, 0.1) is 5.04 Å². The first kappa shape index (κ1) is 25.2. The van der Waals surface area contributed by atoms with Gasteiger partial charge in [0.2, 0.25) is 0 Å². The number of allylic oxidation sites excluding steroid dienone is 3. The summed E-state index contributed by atoms with van der Waals surface area (Å²) in [4.78, 5) is 2.11. The van der Waals surface area contributed by atoms with Crippen molar-refractivity contribution in [2.24, 2.45) is 5.92 Å². The summed E-state index contributed by atoms with van der Waals surface area (Å²) in [5.41, 5.74) is 5.17. The minimum absolute atomic E-state index is 0.288. The lowest BCUT2D eigenvalue weighted by atomic mass is 9.79. The van der Waals surface area contributed by atoms with Gasteiger partial charge in [-0.05, 0) is 102 Å². The highest BCUT2D eigenvalue weighted by molar-refractivity contribution is 8.15. The predicted molar refractivity (Wildman–Crippen MR) is 144 cm³/mol. The van der Waals surface area contributed by atoms with Crippen LogP contribution in [0.15, 0.2) is 53.8 Å². The first-order valence-corrected chi connectivity index (χ1v) is 13.8. The normalized spacial score (nSPS) is 25.2. The van der Waals surface area contributed by atoms with E-state index in [2.05, 4.69) is 35.9 Å². The van der Waals surface area contributed by atoms with Crippen LogP contribution in [0.1, 0.15) is 75.8 Å². The van der Waals surface area contributed by atoms with Crippen LogP contribution in [0.2, 0.25) is 0 Å². The molecule has 4 rings (SSSR count). The fourth-order valence-electron chi connectivity index (χ4n) is 5.64. The Hall–Kier alpha value is -1.85. The van der Waals surface area contributed by atoms with Gasteiger partial charge < -0.3 is 10.2 Å². The van der Waals surface area contributed by atoms with Crippen molar-refractivity contribution >= 4 is 16.8 Å². The third-order valence-electron chi connectivity index (χ3n) is 7.41. The molecule has 0 bridgehead atoms. The maximum atomic E-state index is 14.7. The number of likely N-dealkylation sites (tertiary alicyclic amines) is 1. The molecular formula is C29H40FN3S. The molecule has 5 heteroatoms. The van der Waals surface area contributed by atoms with Crippen LogP contribution in [0.4, 0.5) is 4.39 Å². The van der Waals surface area contributed by atoms with Crippen molar-refractivity contribution in [2.75, 3.05) is 19.6 Å². The Morgan fingerprint density at radius 2 is 2.06 bits per heavy atom. The molecule has 184 valence electrons. The molecular weight excluding hydrogens is 441 g/mol. The van der Waals surface area contributed by atoms with E-state index < -0.39 is 4.87 Å². The van der Waals surface area contributed by atoms with Gasteiger partial charge in [-0.3, -0.25) is 5.41 Å². The van der Waals surface area contributed by atoms with Gasteiger partial charge in [-0.2, -0.15) is 0 Å². The highest BCUT2D eigenvalue weighted by Crippen LogP contribution is 2.47. The number of piperidine rings is 1. The van der Waals surface area contributed by atoms with Crippen LogP contribution < -0.4 is 5.32 Å². The summed E-state index contributed by atoms with van der Waals surface area (Å²) in [7, 11) is 0. The van der Waals surface area contributed by atoms with Gasteiger partial charge in [-0.15, -0.1) is 0 Å². The monoisotopic (exact) mass is 481 g/mol. The second kappa shape index (κ2) is 11.3. The smallest absolute Gasteiger partial charge is 0.133 e. The Morgan fingerprint density at radius 1 is 1.26 bits per heavy atom. The Morgan fingerprint density at radius 3 is 2.85 bits per heavy atom. The number of rotatable bonds is 8. The number of halogens is 1. The van der Waals surface area contributed by atoms with Crippen LogP contribution in [0.3, 0.4) is 0 Å². The zero-order valence-corrected chi connectivity index (χ0v) is 21.7. The number of nitrogens with one attached hydrogen (secondary N) is 2. The summed E-state index contributed by atoms with van der Waals surface area (Å²) < 4.78 is 14.7. The molecule has 3 nitrogen and oxygen atoms in total. The number of hydrogen-bond acceptors (Lipinski definition) is 4. The molecule has 1 fully saturated rings.